The Bertz CT molecular complexity index is 1200. The van der Waals surface area contributed by atoms with Crippen molar-refractivity contribution in [1.82, 2.24) is 30.9 Å². The highest BCUT2D eigenvalue weighted by Gasteiger charge is 2.36. The third-order valence-corrected chi connectivity index (χ3v) is 7.77. The first-order valence-electron chi connectivity index (χ1n) is 11.3. The molecule has 1 aliphatic carbocycles. The quantitative estimate of drug-likeness (QED) is 0.423. The maximum atomic E-state index is 12.2. The number of carbonyl (C=O) groups is 2. The average molecular weight is 509 g/mol. The highest BCUT2D eigenvalue weighted by molar-refractivity contribution is 8.14. The Morgan fingerprint density at radius 3 is 2.29 bits per heavy atom. The first-order valence-corrected chi connectivity index (χ1v) is 13.0. The van der Waals surface area contributed by atoms with E-state index in [4.69, 9.17) is 0 Å². The zero-order chi connectivity index (χ0) is 24.0. The molecule has 0 aromatic carbocycles. The molecule has 12 heteroatoms. The minimum absolute atomic E-state index is 0.125. The van der Waals surface area contributed by atoms with E-state index in [1.807, 2.05) is 36.4 Å². The Kier molecular flexibility index (Phi) is 7.28. The largest absolute Gasteiger partial charge is 0.303 e. The second-order valence-electron chi connectivity index (χ2n) is 8.46. The molecule has 10 nitrogen and oxygen atoms in total. The minimum atomic E-state index is -0.148. The zero-order valence-corrected chi connectivity index (χ0v) is 20.4. The van der Waals surface area contributed by atoms with E-state index >= 15 is 0 Å². The Balaban J connectivity index is 1.01. The maximum absolute atomic E-state index is 12.2. The number of carbonyl (C=O) groups excluding carboxylic acids is 2. The minimum Gasteiger partial charge on any atom is -0.303 e. The molecule has 3 aromatic rings. The Morgan fingerprint density at radius 1 is 0.943 bits per heavy atom. The molecule has 35 heavy (non-hydrogen) atoms. The predicted molar refractivity (Wildman–Crippen MR) is 135 cm³/mol. The van der Waals surface area contributed by atoms with Gasteiger partial charge in [-0.25, -0.2) is 0 Å². The fraction of sp³-hybridized carbons (Fsp3) is 0.348. The van der Waals surface area contributed by atoms with Gasteiger partial charge in [-0.15, -0.1) is 10.2 Å². The van der Waals surface area contributed by atoms with Gasteiger partial charge >= 0.3 is 0 Å². The van der Waals surface area contributed by atoms with Crippen molar-refractivity contribution >= 4 is 45.2 Å². The van der Waals surface area contributed by atoms with Crippen molar-refractivity contribution in [2.24, 2.45) is 11.0 Å². The fourth-order valence-electron chi connectivity index (χ4n) is 4.02. The molecule has 180 valence electrons. The number of anilines is 1. The van der Waals surface area contributed by atoms with E-state index in [1.165, 1.54) is 11.3 Å². The number of hydrogen-bond acceptors (Lipinski definition) is 10. The zero-order valence-electron chi connectivity index (χ0n) is 18.8. The van der Waals surface area contributed by atoms with Gasteiger partial charge in [-0.1, -0.05) is 35.2 Å². The molecule has 5 rings (SSSR count). The number of thioether (sulfide) groups is 1. The van der Waals surface area contributed by atoms with Crippen molar-refractivity contribution < 1.29 is 9.59 Å². The van der Waals surface area contributed by atoms with Gasteiger partial charge in [0.2, 0.25) is 16.9 Å². The molecule has 1 fully saturated rings. The van der Waals surface area contributed by atoms with Crippen LogP contribution in [0.2, 0.25) is 0 Å². The van der Waals surface area contributed by atoms with Crippen LogP contribution in [-0.2, 0) is 22.4 Å². The van der Waals surface area contributed by atoms with Crippen LogP contribution in [0.15, 0.2) is 53.9 Å². The summed E-state index contributed by atoms with van der Waals surface area (Å²) in [5, 5.41) is 20.6. The number of hydrazone groups is 1. The fourth-order valence-corrected chi connectivity index (χ4v) is 5.93. The summed E-state index contributed by atoms with van der Waals surface area (Å²) in [4.78, 5) is 32.8. The summed E-state index contributed by atoms with van der Waals surface area (Å²) in [6.07, 6.45) is 6.79. The van der Waals surface area contributed by atoms with Crippen LogP contribution in [0.5, 0.6) is 0 Å². The summed E-state index contributed by atoms with van der Waals surface area (Å²) in [6.45, 7) is 0. The molecular weight excluding hydrogens is 484 g/mol. The molecule has 0 saturated heterocycles. The van der Waals surface area contributed by atoms with Crippen LogP contribution in [-0.4, -0.2) is 42.5 Å². The van der Waals surface area contributed by atoms with Gasteiger partial charge in [0.25, 0.3) is 0 Å². The lowest BCUT2D eigenvalue weighted by molar-refractivity contribution is -0.119. The van der Waals surface area contributed by atoms with E-state index in [2.05, 4.69) is 41.3 Å². The average Bonchev–Trinajstić information content (AvgIpc) is 3.46. The van der Waals surface area contributed by atoms with E-state index in [0.29, 0.717) is 22.1 Å². The van der Waals surface area contributed by atoms with Gasteiger partial charge in [-0.3, -0.25) is 25.0 Å². The topological polar surface area (TPSA) is 134 Å². The van der Waals surface area contributed by atoms with Gasteiger partial charge in [0, 0.05) is 29.7 Å². The number of amides is 2. The standard InChI is InChI=1S/C23H24N8O2S2/c32-18(12-16-5-1-3-7-24-16)26-22-30-28-20(34-22)11-14-9-15(10-14)21-29-31-23(35-21)27-19(33)13-17-6-2-4-8-25-17/h1-8,14-15,20,28H,9-13H2,(H,26,30,32)(H,27,31,33). The number of aromatic nitrogens is 4. The molecule has 1 aliphatic heterocycles. The van der Waals surface area contributed by atoms with E-state index < -0.39 is 0 Å². The molecule has 1 atom stereocenters. The molecule has 0 radical (unpaired) electrons. The molecule has 4 heterocycles. The van der Waals surface area contributed by atoms with Gasteiger partial charge in [0.05, 0.1) is 18.2 Å². The summed E-state index contributed by atoms with van der Waals surface area (Å²) < 4.78 is 0. The van der Waals surface area contributed by atoms with Crippen LogP contribution in [0, 0.1) is 5.92 Å². The first-order chi connectivity index (χ1) is 17.1. The van der Waals surface area contributed by atoms with Crippen molar-refractivity contribution in [3.8, 4) is 0 Å². The van der Waals surface area contributed by atoms with Gasteiger partial charge < -0.3 is 10.6 Å². The van der Waals surface area contributed by atoms with Crippen LogP contribution in [0.4, 0.5) is 5.13 Å². The predicted octanol–water partition coefficient (Wildman–Crippen LogP) is 2.69. The Morgan fingerprint density at radius 2 is 1.63 bits per heavy atom. The number of nitrogens with one attached hydrogen (secondary N) is 3. The highest BCUT2D eigenvalue weighted by Crippen LogP contribution is 2.46. The van der Waals surface area contributed by atoms with Crippen LogP contribution in [0.25, 0.3) is 0 Å². The van der Waals surface area contributed by atoms with E-state index in [9.17, 15) is 9.59 Å². The summed E-state index contributed by atoms with van der Waals surface area (Å²) >= 11 is 2.98. The molecule has 0 bridgehead atoms. The molecule has 2 aliphatic rings. The number of hydrogen-bond donors (Lipinski definition) is 3. The smallest absolute Gasteiger partial charge is 0.232 e. The molecule has 0 spiro atoms. The van der Waals surface area contributed by atoms with Crippen LogP contribution in [0.3, 0.4) is 0 Å². The monoisotopic (exact) mass is 508 g/mol. The van der Waals surface area contributed by atoms with Gasteiger partial charge in [-0.2, -0.15) is 5.10 Å². The summed E-state index contributed by atoms with van der Waals surface area (Å²) in [5.74, 6) is 0.643. The third-order valence-electron chi connectivity index (χ3n) is 5.77. The number of pyridine rings is 2. The maximum Gasteiger partial charge on any atom is 0.232 e. The van der Waals surface area contributed by atoms with Gasteiger partial charge in [0.1, 0.15) is 5.01 Å². The van der Waals surface area contributed by atoms with Gasteiger partial charge in [-0.05, 0) is 49.4 Å². The van der Waals surface area contributed by atoms with E-state index in [1.54, 1.807) is 24.2 Å². The normalized spacial score (nSPS) is 20.9. The summed E-state index contributed by atoms with van der Waals surface area (Å²) in [7, 11) is 0. The number of amidine groups is 1. The number of rotatable bonds is 8. The molecular formula is C23H24N8O2S2. The highest BCUT2D eigenvalue weighted by atomic mass is 32.2. The summed E-state index contributed by atoms with van der Waals surface area (Å²) in [5.41, 5.74) is 4.56. The second-order valence-corrected chi connectivity index (χ2v) is 10.7. The lowest BCUT2D eigenvalue weighted by atomic mass is 9.73. The second kappa shape index (κ2) is 10.9. The third kappa shape index (κ3) is 6.40. The van der Waals surface area contributed by atoms with Crippen LogP contribution >= 0.6 is 23.1 Å². The summed E-state index contributed by atoms with van der Waals surface area (Å²) in [6, 6.07) is 11.0. The Hall–Kier alpha value is -3.38. The molecule has 1 saturated carbocycles. The van der Waals surface area contributed by atoms with Gasteiger partial charge in [0.15, 0.2) is 5.17 Å². The first kappa shape index (κ1) is 23.4. The van der Waals surface area contributed by atoms with Crippen molar-refractivity contribution in [2.45, 2.75) is 43.4 Å². The van der Waals surface area contributed by atoms with Crippen LogP contribution in [0.1, 0.15) is 41.6 Å². The van der Waals surface area contributed by atoms with Crippen molar-refractivity contribution in [3.63, 3.8) is 0 Å². The molecule has 3 aromatic heterocycles. The van der Waals surface area contributed by atoms with E-state index in [0.717, 1.165) is 35.7 Å². The number of nitrogens with zero attached hydrogens (tertiary/aromatic N) is 5. The molecule has 2 amide bonds. The SMILES string of the molecule is O=C(Cc1ccccn1)NC1=NNC(CC2CC(c3nnc(NC(=O)Cc4ccccn4)s3)C2)S1. The Labute approximate surface area is 210 Å². The molecule has 1 unspecified atom stereocenters. The lowest BCUT2D eigenvalue weighted by Gasteiger charge is -2.34. The van der Waals surface area contributed by atoms with Crippen molar-refractivity contribution in [2.75, 3.05) is 5.32 Å². The van der Waals surface area contributed by atoms with E-state index in [-0.39, 0.29) is 30.0 Å². The van der Waals surface area contributed by atoms with Crippen molar-refractivity contribution in [3.05, 3.63) is 65.2 Å². The van der Waals surface area contributed by atoms with Crippen LogP contribution < -0.4 is 16.1 Å². The van der Waals surface area contributed by atoms with Crippen molar-refractivity contribution in [1.29, 1.82) is 0 Å². The lowest BCUT2D eigenvalue weighted by Crippen LogP contribution is -2.30. The molecule has 3 N–H and O–H groups in total.